The number of ether oxygens (including phenoxy) is 1. The Morgan fingerprint density at radius 2 is 1.91 bits per heavy atom. The molecule has 1 aromatic heterocycles. The van der Waals surface area contributed by atoms with Gasteiger partial charge < -0.3 is 14.2 Å². The van der Waals surface area contributed by atoms with Gasteiger partial charge in [0, 0.05) is 50.8 Å². The maximum absolute atomic E-state index is 13.4. The molecule has 32 heavy (non-hydrogen) atoms. The Bertz CT molecular complexity index is 1050. The maximum atomic E-state index is 13.4. The molecule has 0 bridgehead atoms. The van der Waals surface area contributed by atoms with E-state index in [-0.39, 0.29) is 5.91 Å². The number of methoxy groups -OCH3 is 1. The Morgan fingerprint density at radius 3 is 2.66 bits per heavy atom. The van der Waals surface area contributed by atoms with Crippen LogP contribution in [0.3, 0.4) is 0 Å². The first kappa shape index (κ1) is 22.1. The van der Waals surface area contributed by atoms with Gasteiger partial charge in [-0.3, -0.25) is 9.69 Å². The zero-order valence-corrected chi connectivity index (χ0v) is 19.1. The molecule has 1 saturated heterocycles. The van der Waals surface area contributed by atoms with E-state index in [2.05, 4.69) is 16.1 Å². The highest BCUT2D eigenvalue weighted by molar-refractivity contribution is 5.83. The summed E-state index contributed by atoms with van der Waals surface area (Å²) in [5.74, 6) is 1.77. The zero-order chi connectivity index (χ0) is 22.6. The number of carbonyl (C=O) groups excluding carboxylic acids is 1. The minimum Gasteiger partial charge on any atom is -0.496 e. The molecule has 1 atom stereocenters. The molecule has 0 saturated carbocycles. The summed E-state index contributed by atoms with van der Waals surface area (Å²) in [6.45, 7) is 2.37. The van der Waals surface area contributed by atoms with Gasteiger partial charge in [0.15, 0.2) is 0 Å². The van der Waals surface area contributed by atoms with Crippen LogP contribution in [0.2, 0.25) is 0 Å². The summed E-state index contributed by atoms with van der Waals surface area (Å²) >= 11 is 0. The second-order valence-corrected chi connectivity index (χ2v) is 8.83. The third-order valence-corrected chi connectivity index (χ3v) is 6.24. The molecule has 1 aliphatic rings. The van der Waals surface area contributed by atoms with Crippen LogP contribution in [0.25, 0.3) is 11.3 Å². The van der Waals surface area contributed by atoms with Crippen LogP contribution in [0.15, 0.2) is 65.2 Å². The Balaban J connectivity index is 1.58. The van der Waals surface area contributed by atoms with Gasteiger partial charge in [0.1, 0.15) is 17.2 Å². The van der Waals surface area contributed by atoms with Crippen molar-refractivity contribution in [3.63, 3.8) is 0 Å². The molecular weight excluding hydrogens is 402 g/mol. The number of piperidine rings is 1. The van der Waals surface area contributed by atoms with Crippen molar-refractivity contribution in [3.05, 3.63) is 72.0 Å². The van der Waals surface area contributed by atoms with Crippen molar-refractivity contribution in [3.8, 4) is 17.0 Å². The molecule has 2 heterocycles. The molecule has 6 nitrogen and oxygen atoms in total. The van der Waals surface area contributed by atoms with Crippen LogP contribution in [0.5, 0.6) is 5.75 Å². The van der Waals surface area contributed by atoms with Gasteiger partial charge in [-0.1, -0.05) is 53.7 Å². The van der Waals surface area contributed by atoms with Gasteiger partial charge >= 0.3 is 0 Å². The van der Waals surface area contributed by atoms with E-state index in [0.717, 1.165) is 54.3 Å². The predicted molar refractivity (Wildman–Crippen MR) is 124 cm³/mol. The van der Waals surface area contributed by atoms with E-state index < -0.39 is 5.41 Å². The third-order valence-electron chi connectivity index (χ3n) is 6.24. The molecule has 2 aromatic carbocycles. The average molecular weight is 434 g/mol. The first-order valence-corrected chi connectivity index (χ1v) is 11.1. The van der Waals surface area contributed by atoms with Gasteiger partial charge in [-0.05, 0) is 25.5 Å². The molecule has 0 N–H and O–H groups in total. The summed E-state index contributed by atoms with van der Waals surface area (Å²) in [5, 5.41) is 4.27. The molecule has 0 aliphatic carbocycles. The summed E-state index contributed by atoms with van der Waals surface area (Å²) in [4.78, 5) is 17.5. The largest absolute Gasteiger partial charge is 0.496 e. The minimum absolute atomic E-state index is 0.139. The van der Waals surface area contributed by atoms with Crippen LogP contribution in [0.4, 0.5) is 0 Å². The van der Waals surface area contributed by atoms with E-state index in [4.69, 9.17) is 9.26 Å². The van der Waals surface area contributed by atoms with Crippen molar-refractivity contribution in [1.82, 2.24) is 15.0 Å². The number of carbonyl (C=O) groups is 1. The molecule has 168 valence electrons. The van der Waals surface area contributed by atoms with E-state index in [1.54, 1.807) is 12.0 Å². The van der Waals surface area contributed by atoms with Crippen molar-refractivity contribution in [1.29, 1.82) is 0 Å². The normalized spacial score (nSPS) is 19.0. The molecule has 1 fully saturated rings. The fourth-order valence-electron chi connectivity index (χ4n) is 4.78. The van der Waals surface area contributed by atoms with Crippen molar-refractivity contribution in [2.24, 2.45) is 5.41 Å². The monoisotopic (exact) mass is 433 g/mol. The summed E-state index contributed by atoms with van der Waals surface area (Å²) in [7, 11) is 5.36. The summed E-state index contributed by atoms with van der Waals surface area (Å²) < 4.78 is 11.2. The van der Waals surface area contributed by atoms with Crippen LogP contribution in [0, 0.1) is 5.41 Å². The number of nitrogens with zero attached hydrogens (tertiary/aromatic N) is 3. The van der Waals surface area contributed by atoms with Gasteiger partial charge in [-0.15, -0.1) is 0 Å². The van der Waals surface area contributed by atoms with Gasteiger partial charge in [0.2, 0.25) is 5.91 Å². The summed E-state index contributed by atoms with van der Waals surface area (Å²) in [5.41, 5.74) is 2.40. The van der Waals surface area contributed by atoms with E-state index in [1.165, 1.54) is 0 Å². The Labute approximate surface area is 189 Å². The Hall–Kier alpha value is -3.12. The average Bonchev–Trinajstić information content (AvgIpc) is 3.28. The number of benzene rings is 2. The molecule has 4 rings (SSSR count). The van der Waals surface area contributed by atoms with Crippen molar-refractivity contribution < 1.29 is 14.1 Å². The fourth-order valence-corrected chi connectivity index (χ4v) is 4.78. The predicted octanol–water partition coefficient (Wildman–Crippen LogP) is 4.26. The van der Waals surface area contributed by atoms with Gasteiger partial charge in [0.25, 0.3) is 0 Å². The Morgan fingerprint density at radius 1 is 1.16 bits per heavy atom. The Kier molecular flexibility index (Phi) is 6.61. The van der Waals surface area contributed by atoms with E-state index in [9.17, 15) is 4.79 Å². The number of aromatic nitrogens is 1. The first-order chi connectivity index (χ1) is 15.5. The molecule has 1 amide bonds. The fraction of sp³-hybridized carbons (Fsp3) is 0.385. The standard InChI is InChI=1S/C26H31N3O3/c1-28(2)25(30)26(17-22-16-23(27-32-22)20-10-5-4-6-11-20)14-9-15-29(19-26)18-21-12-7-8-13-24(21)31-3/h4-8,10-13,16H,9,14-15,17-19H2,1-3H3/t26-/m1/s1. The highest BCUT2D eigenvalue weighted by Crippen LogP contribution is 2.37. The van der Waals surface area contributed by atoms with Gasteiger partial charge in [0.05, 0.1) is 12.5 Å². The highest BCUT2D eigenvalue weighted by Gasteiger charge is 2.44. The van der Waals surface area contributed by atoms with E-state index in [1.807, 2.05) is 68.7 Å². The lowest BCUT2D eigenvalue weighted by atomic mass is 9.75. The van der Waals surface area contributed by atoms with Crippen LogP contribution in [-0.4, -0.2) is 55.2 Å². The number of hydrogen-bond donors (Lipinski definition) is 0. The lowest BCUT2D eigenvalue weighted by Gasteiger charge is -2.42. The molecule has 0 radical (unpaired) electrons. The summed E-state index contributed by atoms with van der Waals surface area (Å²) in [6.07, 6.45) is 2.31. The molecular formula is C26H31N3O3. The van der Waals surface area contributed by atoms with Crippen LogP contribution < -0.4 is 4.74 Å². The number of rotatable bonds is 7. The van der Waals surface area contributed by atoms with Gasteiger partial charge in [-0.2, -0.15) is 0 Å². The third kappa shape index (κ3) is 4.70. The zero-order valence-electron chi connectivity index (χ0n) is 19.1. The molecule has 0 unspecified atom stereocenters. The number of para-hydroxylation sites is 1. The number of hydrogen-bond acceptors (Lipinski definition) is 5. The molecule has 3 aromatic rings. The second-order valence-electron chi connectivity index (χ2n) is 8.83. The van der Waals surface area contributed by atoms with Crippen molar-refractivity contribution in [2.45, 2.75) is 25.8 Å². The topological polar surface area (TPSA) is 58.8 Å². The lowest BCUT2D eigenvalue weighted by Crippen LogP contribution is -2.52. The van der Waals surface area contributed by atoms with Crippen molar-refractivity contribution in [2.75, 3.05) is 34.3 Å². The van der Waals surface area contributed by atoms with Crippen LogP contribution in [0.1, 0.15) is 24.2 Å². The maximum Gasteiger partial charge on any atom is 0.230 e. The molecule has 1 aliphatic heterocycles. The molecule has 6 heteroatoms. The minimum atomic E-state index is -0.544. The number of likely N-dealkylation sites (tertiary alicyclic amines) is 1. The van der Waals surface area contributed by atoms with E-state index >= 15 is 0 Å². The highest BCUT2D eigenvalue weighted by atomic mass is 16.5. The molecule has 0 spiro atoms. The van der Waals surface area contributed by atoms with Gasteiger partial charge in [-0.25, -0.2) is 0 Å². The van der Waals surface area contributed by atoms with E-state index in [0.29, 0.717) is 13.0 Å². The summed E-state index contributed by atoms with van der Waals surface area (Å²) in [6, 6.07) is 20.0. The second kappa shape index (κ2) is 9.57. The number of amides is 1. The lowest BCUT2D eigenvalue weighted by molar-refractivity contribution is -0.143. The van der Waals surface area contributed by atoms with Crippen LogP contribution in [-0.2, 0) is 17.8 Å². The van der Waals surface area contributed by atoms with Crippen molar-refractivity contribution >= 4 is 5.91 Å². The smallest absolute Gasteiger partial charge is 0.230 e. The SMILES string of the molecule is COc1ccccc1CN1CCC[C@](Cc2cc(-c3ccccc3)no2)(C(=O)N(C)C)C1. The first-order valence-electron chi connectivity index (χ1n) is 11.1. The van der Waals surface area contributed by atoms with Crippen LogP contribution >= 0.6 is 0 Å². The quantitative estimate of drug-likeness (QED) is 0.557.